The van der Waals surface area contributed by atoms with Gasteiger partial charge >= 0.3 is 0 Å². The molecular formula is C20H18N2O3S3. The third-order valence-electron chi connectivity index (χ3n) is 4.30. The molecule has 0 unspecified atom stereocenters. The predicted molar refractivity (Wildman–Crippen MR) is 114 cm³/mol. The Hall–Kier alpha value is -2.42. The molecule has 3 aromatic heterocycles. The van der Waals surface area contributed by atoms with Gasteiger partial charge in [-0.1, -0.05) is 36.4 Å². The van der Waals surface area contributed by atoms with Crippen LogP contribution in [0.25, 0.3) is 22.2 Å². The summed E-state index contributed by atoms with van der Waals surface area (Å²) < 4.78 is 37.5. The van der Waals surface area contributed by atoms with Crippen molar-refractivity contribution in [2.75, 3.05) is 0 Å². The van der Waals surface area contributed by atoms with Crippen molar-refractivity contribution in [2.45, 2.75) is 24.6 Å². The first-order chi connectivity index (χ1) is 13.5. The smallest absolute Gasteiger partial charge is 0.294 e. The number of rotatable bonds is 5. The molecule has 0 aliphatic heterocycles. The van der Waals surface area contributed by atoms with Crippen molar-refractivity contribution in [3.05, 3.63) is 69.9 Å². The van der Waals surface area contributed by atoms with Gasteiger partial charge in [-0.3, -0.25) is 0 Å². The van der Waals surface area contributed by atoms with Gasteiger partial charge in [-0.25, -0.2) is 0 Å². The van der Waals surface area contributed by atoms with Crippen LogP contribution >= 0.6 is 22.7 Å². The first-order valence-electron chi connectivity index (χ1n) is 8.64. The number of nitrogens with zero attached hydrogens (tertiary/aromatic N) is 2. The molecule has 144 valence electrons. The highest BCUT2D eigenvalue weighted by Gasteiger charge is 2.19. The number of aryl methyl sites for hydroxylation is 1. The molecule has 0 saturated heterocycles. The second kappa shape index (κ2) is 7.54. The Kier molecular flexibility index (Phi) is 5.09. The van der Waals surface area contributed by atoms with Crippen LogP contribution in [0.4, 0.5) is 0 Å². The van der Waals surface area contributed by atoms with Gasteiger partial charge in [0.1, 0.15) is 15.6 Å². The summed E-state index contributed by atoms with van der Waals surface area (Å²) in [6, 6.07) is 11.1. The van der Waals surface area contributed by atoms with E-state index in [1.165, 1.54) is 22.7 Å². The molecule has 0 aliphatic rings. The normalized spacial score (nSPS) is 13.1. The number of thiophene rings is 1. The molecule has 4 rings (SSSR count). The molecule has 0 fully saturated rings. The molecule has 0 bridgehead atoms. The van der Waals surface area contributed by atoms with Crippen molar-refractivity contribution in [2.24, 2.45) is 4.40 Å². The maximum atomic E-state index is 12.7. The van der Waals surface area contributed by atoms with Crippen LogP contribution in [0.2, 0.25) is 0 Å². The second-order valence-corrected chi connectivity index (χ2v) is 9.73. The van der Waals surface area contributed by atoms with Crippen LogP contribution in [-0.4, -0.2) is 13.0 Å². The van der Waals surface area contributed by atoms with E-state index in [4.69, 9.17) is 4.42 Å². The summed E-state index contributed by atoms with van der Waals surface area (Å²) in [4.78, 5) is 0.436. The van der Waals surface area contributed by atoms with Crippen molar-refractivity contribution >= 4 is 43.7 Å². The van der Waals surface area contributed by atoms with Crippen molar-refractivity contribution in [3.8, 4) is 11.3 Å². The fourth-order valence-corrected chi connectivity index (χ4v) is 6.12. The van der Waals surface area contributed by atoms with Crippen molar-refractivity contribution < 1.29 is 12.8 Å². The largest absolute Gasteiger partial charge is 0.461 e. The lowest BCUT2D eigenvalue weighted by Gasteiger charge is -2.06. The molecule has 5 nitrogen and oxygen atoms in total. The Balaban J connectivity index is 1.95. The number of furan rings is 1. The number of allylic oxidation sites excluding steroid dienone is 2. The van der Waals surface area contributed by atoms with E-state index in [-0.39, 0.29) is 4.21 Å². The van der Waals surface area contributed by atoms with E-state index in [0.717, 1.165) is 28.0 Å². The quantitative estimate of drug-likeness (QED) is 0.409. The van der Waals surface area contributed by atoms with Gasteiger partial charge < -0.3 is 8.98 Å². The van der Waals surface area contributed by atoms with Gasteiger partial charge in [0.05, 0.1) is 5.69 Å². The zero-order chi connectivity index (χ0) is 19.7. The Morgan fingerprint density at radius 2 is 2.00 bits per heavy atom. The molecule has 0 aliphatic carbocycles. The van der Waals surface area contributed by atoms with Crippen LogP contribution in [0.15, 0.2) is 72.3 Å². The van der Waals surface area contributed by atoms with Gasteiger partial charge in [-0.2, -0.15) is 8.42 Å². The first-order valence-corrected chi connectivity index (χ1v) is 11.8. The molecule has 3 heterocycles. The van der Waals surface area contributed by atoms with Crippen LogP contribution in [0.5, 0.6) is 0 Å². The van der Waals surface area contributed by atoms with Gasteiger partial charge in [0.25, 0.3) is 10.0 Å². The molecule has 1 aromatic carbocycles. The lowest BCUT2D eigenvalue weighted by Crippen LogP contribution is -2.17. The van der Waals surface area contributed by atoms with E-state index < -0.39 is 10.0 Å². The Morgan fingerprint density at radius 1 is 1.18 bits per heavy atom. The van der Waals surface area contributed by atoms with Gasteiger partial charge in [0.15, 0.2) is 0 Å². The summed E-state index contributed by atoms with van der Waals surface area (Å²) in [5.74, 6) is 0.792. The average molecular weight is 431 g/mol. The Bertz CT molecular complexity index is 1320. The number of hydrogen-bond donors (Lipinski definition) is 0. The Morgan fingerprint density at radius 3 is 2.75 bits per heavy atom. The molecule has 4 aromatic rings. The zero-order valence-corrected chi connectivity index (χ0v) is 17.8. The average Bonchev–Trinajstić information content (AvgIpc) is 3.38. The molecule has 0 spiro atoms. The van der Waals surface area contributed by atoms with Gasteiger partial charge in [-0.05, 0) is 31.4 Å². The molecule has 0 saturated carbocycles. The van der Waals surface area contributed by atoms with E-state index in [0.29, 0.717) is 11.3 Å². The summed E-state index contributed by atoms with van der Waals surface area (Å²) >= 11 is 2.48. The summed E-state index contributed by atoms with van der Waals surface area (Å²) in [6.07, 6.45) is 3.91. The number of benzene rings is 1. The lowest BCUT2D eigenvalue weighted by atomic mass is 10.1. The van der Waals surface area contributed by atoms with Crippen LogP contribution in [-0.2, 0) is 16.6 Å². The van der Waals surface area contributed by atoms with E-state index in [1.54, 1.807) is 17.5 Å². The van der Waals surface area contributed by atoms with E-state index in [2.05, 4.69) is 4.40 Å². The summed E-state index contributed by atoms with van der Waals surface area (Å²) in [5, 5.41) is 4.67. The van der Waals surface area contributed by atoms with Crippen LogP contribution in [0.1, 0.15) is 12.7 Å². The van der Waals surface area contributed by atoms with Crippen LogP contribution < -0.4 is 4.80 Å². The van der Waals surface area contributed by atoms with Gasteiger partial charge in [0.2, 0.25) is 4.80 Å². The zero-order valence-electron chi connectivity index (χ0n) is 15.3. The van der Waals surface area contributed by atoms with E-state index in [1.807, 2.05) is 60.2 Å². The maximum absolute atomic E-state index is 12.7. The topological polar surface area (TPSA) is 64.6 Å². The highest BCUT2D eigenvalue weighted by molar-refractivity contribution is 7.92. The SMILES string of the molecule is C/C=C/Cn1c(-c2c(C)oc3ccccc23)csc1=NS(=O)(=O)c1cccs1. The van der Waals surface area contributed by atoms with Crippen LogP contribution in [0, 0.1) is 6.92 Å². The lowest BCUT2D eigenvalue weighted by molar-refractivity contribution is 0.579. The van der Waals surface area contributed by atoms with Gasteiger partial charge in [-0.15, -0.1) is 27.1 Å². The molecule has 0 amide bonds. The molecule has 28 heavy (non-hydrogen) atoms. The summed E-state index contributed by atoms with van der Waals surface area (Å²) in [7, 11) is -3.74. The number of aromatic nitrogens is 1. The Labute approximate surface area is 171 Å². The monoisotopic (exact) mass is 430 g/mol. The molecule has 0 radical (unpaired) electrons. The minimum absolute atomic E-state index is 0.241. The molecule has 0 atom stereocenters. The first kappa shape index (κ1) is 18.9. The number of fused-ring (bicyclic) bond motifs is 1. The maximum Gasteiger partial charge on any atom is 0.294 e. The van der Waals surface area contributed by atoms with Crippen LogP contribution in [0.3, 0.4) is 0 Å². The van der Waals surface area contributed by atoms with Crippen molar-refractivity contribution in [1.29, 1.82) is 0 Å². The number of hydrogen-bond acceptors (Lipinski definition) is 5. The van der Waals surface area contributed by atoms with Crippen molar-refractivity contribution in [1.82, 2.24) is 4.57 Å². The summed E-state index contributed by atoms with van der Waals surface area (Å²) in [6.45, 7) is 4.38. The summed E-state index contributed by atoms with van der Waals surface area (Å²) in [5.41, 5.74) is 2.67. The highest BCUT2D eigenvalue weighted by Crippen LogP contribution is 2.34. The second-order valence-electron chi connectivity index (χ2n) is 6.11. The predicted octanol–water partition coefficient (Wildman–Crippen LogP) is 5.20. The molecular weight excluding hydrogens is 412 g/mol. The minimum Gasteiger partial charge on any atom is -0.461 e. The number of para-hydroxylation sites is 1. The van der Waals surface area contributed by atoms with Crippen molar-refractivity contribution in [3.63, 3.8) is 0 Å². The number of thiazole rings is 1. The fourth-order valence-electron chi connectivity index (χ4n) is 3.03. The fraction of sp³-hybridized carbons (Fsp3) is 0.150. The van der Waals surface area contributed by atoms with E-state index >= 15 is 0 Å². The number of sulfonamides is 1. The third kappa shape index (κ3) is 3.39. The van der Waals surface area contributed by atoms with E-state index in [9.17, 15) is 8.42 Å². The highest BCUT2D eigenvalue weighted by atomic mass is 32.2. The standard InChI is InChI=1S/C20H18N2O3S3/c1-3-4-11-22-16(19-14(2)25-17-9-6-5-8-15(17)19)13-27-20(22)21-28(23,24)18-10-7-12-26-18/h3-10,12-13H,11H2,1-2H3/b4-3+,21-20?. The molecule has 8 heteroatoms. The molecule has 0 N–H and O–H groups in total. The minimum atomic E-state index is -3.74. The third-order valence-corrected chi connectivity index (χ3v) is 7.92. The van der Waals surface area contributed by atoms with Gasteiger partial charge in [0, 0.05) is 22.9 Å².